The number of hydrogen-bond donors (Lipinski definition) is 1. The number of benzene rings is 1. The molecular formula is C16H21NO3. The van der Waals surface area contributed by atoms with Crippen LogP contribution in [0.3, 0.4) is 0 Å². The highest BCUT2D eigenvalue weighted by Crippen LogP contribution is 2.27. The highest BCUT2D eigenvalue weighted by Gasteiger charge is 2.25. The van der Waals surface area contributed by atoms with Gasteiger partial charge in [-0.2, -0.15) is 0 Å². The first-order chi connectivity index (χ1) is 9.63. The van der Waals surface area contributed by atoms with Gasteiger partial charge in [-0.15, -0.1) is 6.58 Å². The van der Waals surface area contributed by atoms with Crippen LogP contribution >= 0.6 is 0 Å². The van der Waals surface area contributed by atoms with Gasteiger partial charge in [0.15, 0.2) is 0 Å². The second-order valence-electron chi connectivity index (χ2n) is 5.14. The second kappa shape index (κ2) is 6.57. The molecule has 1 atom stereocenters. The maximum Gasteiger partial charge on any atom is 0.317 e. The number of ether oxygens (including phenoxy) is 1. The van der Waals surface area contributed by atoms with E-state index >= 15 is 0 Å². The van der Waals surface area contributed by atoms with Crippen molar-refractivity contribution in [2.24, 2.45) is 0 Å². The molecule has 108 valence electrons. The highest BCUT2D eigenvalue weighted by molar-refractivity contribution is 5.69. The predicted molar refractivity (Wildman–Crippen MR) is 78.2 cm³/mol. The van der Waals surface area contributed by atoms with Crippen LogP contribution in [0.5, 0.6) is 5.75 Å². The molecule has 0 spiro atoms. The summed E-state index contributed by atoms with van der Waals surface area (Å²) < 4.78 is 5.26. The van der Waals surface area contributed by atoms with Crippen molar-refractivity contribution in [3.8, 4) is 5.75 Å². The van der Waals surface area contributed by atoms with E-state index in [-0.39, 0.29) is 12.6 Å². The van der Waals surface area contributed by atoms with Gasteiger partial charge < -0.3 is 9.84 Å². The molecule has 0 amide bonds. The molecule has 0 fully saturated rings. The quantitative estimate of drug-likeness (QED) is 0.808. The van der Waals surface area contributed by atoms with E-state index in [0.717, 1.165) is 25.0 Å². The number of aliphatic carboxylic acids is 1. The number of hydrogen-bond acceptors (Lipinski definition) is 3. The molecule has 0 radical (unpaired) electrons. The van der Waals surface area contributed by atoms with Gasteiger partial charge in [0.05, 0.1) is 13.7 Å². The number of carboxylic acid groups (broad SMARTS) is 1. The van der Waals surface area contributed by atoms with Crippen LogP contribution in [0, 0.1) is 0 Å². The van der Waals surface area contributed by atoms with E-state index in [1.165, 1.54) is 11.1 Å². The summed E-state index contributed by atoms with van der Waals surface area (Å²) in [5.41, 5.74) is 2.61. The predicted octanol–water partition coefficient (Wildman–Crippen LogP) is 2.13. The molecule has 1 aromatic rings. The number of aryl methyl sites for hydroxylation is 1. The van der Waals surface area contributed by atoms with Gasteiger partial charge in [-0.3, -0.25) is 9.69 Å². The lowest BCUT2D eigenvalue weighted by Gasteiger charge is -2.33. The number of fused-ring (bicyclic) bond motifs is 1. The van der Waals surface area contributed by atoms with Crippen molar-refractivity contribution in [1.82, 2.24) is 4.90 Å². The summed E-state index contributed by atoms with van der Waals surface area (Å²) >= 11 is 0. The van der Waals surface area contributed by atoms with Crippen molar-refractivity contribution < 1.29 is 14.6 Å². The standard InChI is InChI=1S/C16H21NO3/c1-3-8-17(11-16(18)19)14-6-4-12-5-7-15(20-2)10-13(12)9-14/h3,5,7,10,14H,1,4,6,8-9,11H2,2H3,(H,18,19). The molecule has 0 saturated carbocycles. The topological polar surface area (TPSA) is 49.8 Å². The van der Waals surface area contributed by atoms with Crippen LogP contribution in [0.4, 0.5) is 0 Å². The fourth-order valence-electron chi connectivity index (χ4n) is 2.84. The smallest absolute Gasteiger partial charge is 0.317 e. The summed E-state index contributed by atoms with van der Waals surface area (Å²) in [5, 5.41) is 9.02. The van der Waals surface area contributed by atoms with Gasteiger partial charge in [-0.25, -0.2) is 0 Å². The molecule has 4 heteroatoms. The molecule has 1 aromatic carbocycles. The normalized spacial score (nSPS) is 17.6. The van der Waals surface area contributed by atoms with Crippen LogP contribution in [-0.2, 0) is 17.6 Å². The van der Waals surface area contributed by atoms with Crippen LogP contribution in [0.1, 0.15) is 17.5 Å². The van der Waals surface area contributed by atoms with Gasteiger partial charge in [-0.1, -0.05) is 12.1 Å². The minimum absolute atomic E-state index is 0.0655. The Morgan fingerprint density at radius 1 is 1.55 bits per heavy atom. The molecule has 2 rings (SSSR count). The van der Waals surface area contributed by atoms with E-state index in [2.05, 4.69) is 18.7 Å². The van der Waals surface area contributed by atoms with E-state index in [0.29, 0.717) is 6.54 Å². The zero-order valence-electron chi connectivity index (χ0n) is 11.8. The first-order valence-corrected chi connectivity index (χ1v) is 6.86. The van der Waals surface area contributed by atoms with E-state index < -0.39 is 5.97 Å². The Kier molecular flexibility index (Phi) is 4.79. The van der Waals surface area contributed by atoms with Gasteiger partial charge in [0.2, 0.25) is 0 Å². The van der Waals surface area contributed by atoms with Gasteiger partial charge in [0.1, 0.15) is 5.75 Å². The van der Waals surface area contributed by atoms with E-state index in [1.807, 2.05) is 11.0 Å². The van der Waals surface area contributed by atoms with Crippen molar-refractivity contribution >= 4 is 5.97 Å². The number of rotatable bonds is 6. The fraction of sp³-hybridized carbons (Fsp3) is 0.438. The average molecular weight is 275 g/mol. The van der Waals surface area contributed by atoms with Crippen molar-refractivity contribution in [1.29, 1.82) is 0 Å². The van der Waals surface area contributed by atoms with Gasteiger partial charge in [0, 0.05) is 12.6 Å². The van der Waals surface area contributed by atoms with Gasteiger partial charge >= 0.3 is 5.97 Å². The van der Waals surface area contributed by atoms with Crippen molar-refractivity contribution in [2.75, 3.05) is 20.2 Å². The Hall–Kier alpha value is -1.81. The maximum absolute atomic E-state index is 11.0. The van der Waals surface area contributed by atoms with Crippen molar-refractivity contribution in [2.45, 2.75) is 25.3 Å². The number of carbonyl (C=O) groups is 1. The SMILES string of the molecule is C=CCN(CC(=O)O)C1CCc2ccc(OC)cc2C1. The largest absolute Gasteiger partial charge is 0.497 e. The Morgan fingerprint density at radius 3 is 3.00 bits per heavy atom. The van der Waals surface area contributed by atoms with Crippen molar-refractivity contribution in [3.05, 3.63) is 42.0 Å². The Bertz CT molecular complexity index is 498. The lowest BCUT2D eigenvalue weighted by Crippen LogP contribution is -2.42. The van der Waals surface area contributed by atoms with Crippen LogP contribution < -0.4 is 4.74 Å². The third kappa shape index (κ3) is 3.39. The first kappa shape index (κ1) is 14.6. The summed E-state index contributed by atoms with van der Waals surface area (Å²) in [5.74, 6) is 0.0706. The summed E-state index contributed by atoms with van der Waals surface area (Å²) in [4.78, 5) is 13.0. The highest BCUT2D eigenvalue weighted by atomic mass is 16.5. The molecule has 20 heavy (non-hydrogen) atoms. The number of carboxylic acids is 1. The summed E-state index contributed by atoms with van der Waals surface area (Å²) in [6.45, 7) is 4.39. The molecule has 0 heterocycles. The number of nitrogens with zero attached hydrogens (tertiary/aromatic N) is 1. The minimum atomic E-state index is -0.789. The molecule has 1 N–H and O–H groups in total. The molecule has 0 aromatic heterocycles. The molecule has 1 unspecified atom stereocenters. The van der Waals surface area contributed by atoms with E-state index in [4.69, 9.17) is 9.84 Å². The first-order valence-electron chi connectivity index (χ1n) is 6.86. The second-order valence-corrected chi connectivity index (χ2v) is 5.14. The van der Waals surface area contributed by atoms with Crippen LogP contribution in [0.2, 0.25) is 0 Å². The Balaban J connectivity index is 2.14. The zero-order chi connectivity index (χ0) is 14.5. The Morgan fingerprint density at radius 2 is 2.35 bits per heavy atom. The molecule has 0 bridgehead atoms. The lowest BCUT2D eigenvalue weighted by atomic mass is 9.87. The van der Waals surface area contributed by atoms with Gasteiger partial charge in [0.25, 0.3) is 0 Å². The number of methoxy groups -OCH3 is 1. The summed E-state index contributed by atoms with van der Waals surface area (Å²) in [6.07, 6.45) is 4.61. The molecule has 1 aliphatic rings. The van der Waals surface area contributed by atoms with Gasteiger partial charge in [-0.05, 0) is 42.5 Å². The molecule has 0 saturated heterocycles. The van der Waals surface area contributed by atoms with Crippen LogP contribution in [0.25, 0.3) is 0 Å². The van der Waals surface area contributed by atoms with E-state index in [1.54, 1.807) is 13.2 Å². The monoisotopic (exact) mass is 275 g/mol. The lowest BCUT2D eigenvalue weighted by molar-refractivity contribution is -0.138. The summed E-state index contributed by atoms with van der Waals surface area (Å²) in [6, 6.07) is 6.41. The van der Waals surface area contributed by atoms with E-state index in [9.17, 15) is 4.79 Å². The molecule has 4 nitrogen and oxygen atoms in total. The third-order valence-electron chi connectivity index (χ3n) is 3.83. The fourth-order valence-corrected chi connectivity index (χ4v) is 2.84. The van der Waals surface area contributed by atoms with Crippen LogP contribution in [0.15, 0.2) is 30.9 Å². The van der Waals surface area contributed by atoms with Crippen LogP contribution in [-0.4, -0.2) is 42.2 Å². The minimum Gasteiger partial charge on any atom is -0.497 e. The summed E-state index contributed by atoms with van der Waals surface area (Å²) in [7, 11) is 1.66. The molecule has 0 aliphatic heterocycles. The zero-order valence-corrected chi connectivity index (χ0v) is 11.8. The molecular weight excluding hydrogens is 254 g/mol. The maximum atomic E-state index is 11.0. The third-order valence-corrected chi connectivity index (χ3v) is 3.83. The molecule has 1 aliphatic carbocycles. The Labute approximate surface area is 119 Å². The van der Waals surface area contributed by atoms with Crippen molar-refractivity contribution in [3.63, 3.8) is 0 Å². The average Bonchev–Trinajstić information content (AvgIpc) is 2.45.